The van der Waals surface area contributed by atoms with Gasteiger partial charge in [-0.3, -0.25) is 4.79 Å². The molecule has 1 fully saturated rings. The Labute approximate surface area is 129 Å². The number of nitrogens with one attached hydrogen (secondary N) is 2. The minimum Gasteiger partial charge on any atom is -0.350 e. The van der Waals surface area contributed by atoms with Crippen molar-refractivity contribution in [1.29, 1.82) is 0 Å². The van der Waals surface area contributed by atoms with Gasteiger partial charge in [0.05, 0.1) is 17.5 Å². The number of rotatable bonds is 5. The average Bonchev–Trinajstić information content (AvgIpc) is 3.22. The number of amides is 1. The highest BCUT2D eigenvalue weighted by atomic mass is 16.1. The van der Waals surface area contributed by atoms with E-state index < -0.39 is 0 Å². The highest BCUT2D eigenvalue weighted by Crippen LogP contribution is 2.14. The van der Waals surface area contributed by atoms with E-state index in [0.29, 0.717) is 18.2 Å². The number of carbonyl (C=O) groups excluding carboxylic acids is 1. The van der Waals surface area contributed by atoms with Gasteiger partial charge in [0.1, 0.15) is 0 Å². The van der Waals surface area contributed by atoms with Crippen molar-refractivity contribution in [3.8, 4) is 5.82 Å². The van der Waals surface area contributed by atoms with Gasteiger partial charge in [-0.1, -0.05) is 13.0 Å². The summed E-state index contributed by atoms with van der Waals surface area (Å²) in [6, 6.07) is 6.05. The third-order valence-electron chi connectivity index (χ3n) is 3.99. The van der Waals surface area contributed by atoms with Crippen LogP contribution < -0.4 is 10.6 Å². The minimum atomic E-state index is -0.0623. The molecular weight excluding hydrogens is 278 g/mol. The topological polar surface area (TPSA) is 71.8 Å². The second kappa shape index (κ2) is 6.70. The molecule has 0 radical (unpaired) electrons. The third kappa shape index (κ3) is 3.01. The van der Waals surface area contributed by atoms with Crippen LogP contribution in [0.2, 0.25) is 0 Å². The van der Waals surface area contributed by atoms with E-state index in [1.165, 1.54) is 6.42 Å². The van der Waals surface area contributed by atoms with E-state index >= 15 is 0 Å². The predicted octanol–water partition coefficient (Wildman–Crippen LogP) is 1.31. The molecule has 3 heterocycles. The molecular formula is C16H21N5O. The molecule has 2 aromatic heterocycles. The van der Waals surface area contributed by atoms with Crippen LogP contribution in [-0.2, 0) is 6.42 Å². The highest BCUT2D eigenvalue weighted by molar-refractivity contribution is 5.95. The smallest absolute Gasteiger partial charge is 0.254 e. The van der Waals surface area contributed by atoms with Crippen molar-refractivity contribution in [1.82, 2.24) is 25.4 Å². The molecule has 1 amide bonds. The summed E-state index contributed by atoms with van der Waals surface area (Å²) >= 11 is 0. The van der Waals surface area contributed by atoms with E-state index in [9.17, 15) is 4.79 Å². The zero-order chi connectivity index (χ0) is 15.4. The van der Waals surface area contributed by atoms with E-state index in [0.717, 1.165) is 30.9 Å². The summed E-state index contributed by atoms with van der Waals surface area (Å²) in [6.45, 7) is 3.72. The maximum absolute atomic E-state index is 12.4. The molecule has 1 atom stereocenters. The Morgan fingerprint density at radius 1 is 1.50 bits per heavy atom. The fourth-order valence-electron chi connectivity index (χ4n) is 2.82. The molecule has 1 aliphatic rings. The van der Waals surface area contributed by atoms with E-state index in [1.54, 1.807) is 17.1 Å². The standard InChI is InChI=1S/C16H21N5O/c1-2-14-13(16(22)19-10-12-6-5-9-17-12)11-20-21(14)15-7-3-4-8-18-15/h3-4,7-8,11-12,17H,2,5-6,9-10H2,1H3,(H,19,22). The lowest BCUT2D eigenvalue weighted by atomic mass is 10.1. The molecule has 0 saturated carbocycles. The van der Waals surface area contributed by atoms with Crippen molar-refractivity contribution in [2.45, 2.75) is 32.2 Å². The van der Waals surface area contributed by atoms with Crippen LogP contribution in [0.3, 0.4) is 0 Å². The number of aromatic nitrogens is 3. The monoisotopic (exact) mass is 299 g/mol. The summed E-state index contributed by atoms with van der Waals surface area (Å²) in [7, 11) is 0. The second-order valence-electron chi connectivity index (χ2n) is 5.46. The van der Waals surface area contributed by atoms with Crippen LogP contribution >= 0.6 is 0 Å². The van der Waals surface area contributed by atoms with Crippen molar-refractivity contribution >= 4 is 5.91 Å². The van der Waals surface area contributed by atoms with Crippen molar-refractivity contribution in [2.75, 3.05) is 13.1 Å². The number of carbonyl (C=O) groups is 1. The van der Waals surface area contributed by atoms with Gasteiger partial charge < -0.3 is 10.6 Å². The molecule has 0 aliphatic carbocycles. The molecule has 1 saturated heterocycles. The lowest BCUT2D eigenvalue weighted by Gasteiger charge is -2.12. The third-order valence-corrected chi connectivity index (χ3v) is 3.99. The quantitative estimate of drug-likeness (QED) is 0.873. The first-order chi connectivity index (χ1) is 10.8. The first kappa shape index (κ1) is 14.7. The van der Waals surface area contributed by atoms with Gasteiger partial charge in [-0.05, 0) is 37.9 Å². The predicted molar refractivity (Wildman–Crippen MR) is 84.1 cm³/mol. The number of hydrogen-bond acceptors (Lipinski definition) is 4. The van der Waals surface area contributed by atoms with Gasteiger partial charge in [-0.25, -0.2) is 9.67 Å². The van der Waals surface area contributed by atoms with E-state index in [2.05, 4.69) is 20.7 Å². The highest BCUT2D eigenvalue weighted by Gasteiger charge is 2.19. The average molecular weight is 299 g/mol. The lowest BCUT2D eigenvalue weighted by molar-refractivity contribution is 0.0949. The molecule has 0 bridgehead atoms. The maximum atomic E-state index is 12.4. The van der Waals surface area contributed by atoms with E-state index in [4.69, 9.17) is 0 Å². The lowest BCUT2D eigenvalue weighted by Crippen LogP contribution is -2.37. The summed E-state index contributed by atoms with van der Waals surface area (Å²) < 4.78 is 1.74. The van der Waals surface area contributed by atoms with Gasteiger partial charge in [-0.2, -0.15) is 5.10 Å². The van der Waals surface area contributed by atoms with Crippen molar-refractivity contribution in [3.05, 3.63) is 41.9 Å². The summed E-state index contributed by atoms with van der Waals surface area (Å²) in [5.74, 6) is 0.670. The van der Waals surface area contributed by atoms with Gasteiger partial charge in [0.2, 0.25) is 0 Å². The zero-order valence-corrected chi connectivity index (χ0v) is 12.7. The summed E-state index contributed by atoms with van der Waals surface area (Å²) in [5, 5.41) is 10.7. The van der Waals surface area contributed by atoms with Gasteiger partial charge >= 0.3 is 0 Å². The molecule has 0 aromatic carbocycles. The Morgan fingerprint density at radius 3 is 3.09 bits per heavy atom. The van der Waals surface area contributed by atoms with Crippen LogP contribution in [0.4, 0.5) is 0 Å². The van der Waals surface area contributed by atoms with E-state index in [1.807, 2.05) is 25.1 Å². The van der Waals surface area contributed by atoms with Crippen LogP contribution in [0.25, 0.3) is 5.82 Å². The molecule has 22 heavy (non-hydrogen) atoms. The Morgan fingerprint density at radius 2 is 2.41 bits per heavy atom. The Kier molecular flexibility index (Phi) is 4.48. The Bertz CT molecular complexity index is 631. The largest absolute Gasteiger partial charge is 0.350 e. The van der Waals surface area contributed by atoms with Crippen LogP contribution in [0, 0.1) is 0 Å². The van der Waals surface area contributed by atoms with Gasteiger partial charge in [-0.15, -0.1) is 0 Å². The van der Waals surface area contributed by atoms with Gasteiger partial charge in [0, 0.05) is 18.8 Å². The number of nitrogens with zero attached hydrogens (tertiary/aromatic N) is 3. The molecule has 0 spiro atoms. The molecule has 2 N–H and O–H groups in total. The first-order valence-electron chi connectivity index (χ1n) is 7.79. The van der Waals surface area contributed by atoms with Crippen LogP contribution in [-0.4, -0.2) is 39.8 Å². The summed E-state index contributed by atoms with van der Waals surface area (Å²) in [4.78, 5) is 16.7. The molecule has 6 nitrogen and oxygen atoms in total. The molecule has 6 heteroatoms. The van der Waals surface area contributed by atoms with Crippen molar-refractivity contribution < 1.29 is 4.79 Å². The first-order valence-corrected chi connectivity index (χ1v) is 7.79. The van der Waals surface area contributed by atoms with Crippen LogP contribution in [0.5, 0.6) is 0 Å². The summed E-state index contributed by atoms with van der Waals surface area (Å²) in [5.41, 5.74) is 1.52. The van der Waals surface area contributed by atoms with E-state index in [-0.39, 0.29) is 5.91 Å². The Hall–Kier alpha value is -2.21. The maximum Gasteiger partial charge on any atom is 0.254 e. The summed E-state index contributed by atoms with van der Waals surface area (Å²) in [6.07, 6.45) is 6.38. The number of hydrogen-bond donors (Lipinski definition) is 2. The van der Waals surface area contributed by atoms with Gasteiger partial charge in [0.15, 0.2) is 5.82 Å². The molecule has 1 unspecified atom stereocenters. The fraction of sp³-hybridized carbons (Fsp3) is 0.438. The molecule has 2 aromatic rings. The molecule has 1 aliphatic heterocycles. The molecule has 3 rings (SSSR count). The molecule has 116 valence electrons. The van der Waals surface area contributed by atoms with Gasteiger partial charge in [0.25, 0.3) is 5.91 Å². The second-order valence-corrected chi connectivity index (χ2v) is 5.46. The minimum absolute atomic E-state index is 0.0623. The van der Waals surface area contributed by atoms with Crippen LogP contribution in [0.1, 0.15) is 35.8 Å². The van der Waals surface area contributed by atoms with Crippen molar-refractivity contribution in [2.24, 2.45) is 0 Å². The SMILES string of the molecule is CCc1c(C(=O)NCC2CCCN2)cnn1-c1ccccn1. The Balaban J connectivity index is 1.76. The number of pyridine rings is 1. The van der Waals surface area contributed by atoms with Crippen LogP contribution in [0.15, 0.2) is 30.6 Å². The normalized spacial score (nSPS) is 17.6. The van der Waals surface area contributed by atoms with Crippen molar-refractivity contribution in [3.63, 3.8) is 0 Å². The fourth-order valence-corrected chi connectivity index (χ4v) is 2.82. The zero-order valence-electron chi connectivity index (χ0n) is 12.7.